The summed E-state index contributed by atoms with van der Waals surface area (Å²) >= 11 is 37.8. The maximum atomic E-state index is 5.76. The van der Waals surface area contributed by atoms with E-state index in [0.717, 1.165) is 0 Å². The Morgan fingerprint density at radius 2 is 1.13 bits per heavy atom. The third-order valence-corrected chi connectivity index (χ3v) is 3.69. The third kappa shape index (κ3) is 3.70. The van der Waals surface area contributed by atoms with Gasteiger partial charge in [0.25, 0.3) is 0 Å². The first-order valence-corrected chi connectivity index (χ1v) is 6.63. The maximum Gasteiger partial charge on any atom is 0.217 e. The number of alkyl halides is 6. The van der Waals surface area contributed by atoms with Crippen LogP contribution in [0.4, 0.5) is 0 Å². The molecule has 1 rings (SSSR count). The van der Waals surface area contributed by atoms with Crippen LogP contribution in [0.5, 0.6) is 0 Å². The molecule has 0 aromatic heterocycles. The molecule has 84 valence electrons. The van der Waals surface area contributed by atoms with Gasteiger partial charge in [0.15, 0.2) is 0 Å². The van der Waals surface area contributed by atoms with Gasteiger partial charge in [-0.15, -0.1) is 0 Å². The van der Waals surface area contributed by atoms with Crippen LogP contribution in [0.15, 0.2) is 22.7 Å². The standard InChI is InChI=1S/C8H3BrCl6/c9-6-4(7(10,11)12)2-1-3-5(6)8(13,14)15/h1-3H. The van der Waals surface area contributed by atoms with E-state index >= 15 is 0 Å². The molecule has 1 aromatic carbocycles. The molecule has 0 aliphatic rings. The van der Waals surface area contributed by atoms with E-state index in [4.69, 9.17) is 69.6 Å². The Morgan fingerprint density at radius 1 is 0.800 bits per heavy atom. The summed E-state index contributed by atoms with van der Waals surface area (Å²) in [7, 11) is 0. The monoisotopic (exact) mass is 388 g/mol. The highest BCUT2D eigenvalue weighted by atomic mass is 79.9. The average Bonchev–Trinajstić information content (AvgIpc) is 1.99. The molecule has 0 saturated carbocycles. The Labute approximate surface area is 126 Å². The van der Waals surface area contributed by atoms with Gasteiger partial charge in [-0.1, -0.05) is 87.8 Å². The number of hydrogen-bond acceptors (Lipinski definition) is 0. The van der Waals surface area contributed by atoms with Crippen LogP contribution in [0.3, 0.4) is 0 Å². The molecule has 0 atom stereocenters. The molecular formula is C8H3BrCl6. The number of halogens is 7. The van der Waals surface area contributed by atoms with Crippen LogP contribution in [0.1, 0.15) is 11.1 Å². The van der Waals surface area contributed by atoms with E-state index in [1.54, 1.807) is 18.2 Å². The summed E-state index contributed by atoms with van der Waals surface area (Å²) in [5.41, 5.74) is 0.854. The topological polar surface area (TPSA) is 0 Å². The van der Waals surface area contributed by atoms with Gasteiger partial charge in [-0.2, -0.15) is 0 Å². The van der Waals surface area contributed by atoms with Gasteiger partial charge in [0.2, 0.25) is 7.59 Å². The van der Waals surface area contributed by atoms with E-state index in [1.165, 1.54) is 0 Å². The highest BCUT2D eigenvalue weighted by Crippen LogP contribution is 2.48. The second kappa shape index (κ2) is 4.97. The first-order valence-electron chi connectivity index (χ1n) is 3.57. The molecule has 15 heavy (non-hydrogen) atoms. The van der Waals surface area contributed by atoms with Crippen LogP contribution >= 0.6 is 85.5 Å². The molecule has 0 aliphatic carbocycles. The molecule has 0 unspecified atom stereocenters. The Balaban J connectivity index is 3.37. The zero-order valence-electron chi connectivity index (χ0n) is 6.88. The molecule has 0 radical (unpaired) electrons. The quantitative estimate of drug-likeness (QED) is 0.469. The van der Waals surface area contributed by atoms with E-state index in [2.05, 4.69) is 15.9 Å². The normalized spacial score (nSPS) is 13.0. The van der Waals surface area contributed by atoms with E-state index in [-0.39, 0.29) is 0 Å². The Kier molecular flexibility index (Phi) is 4.81. The van der Waals surface area contributed by atoms with Crippen LogP contribution < -0.4 is 0 Å². The smallest absolute Gasteiger partial charge is 0.0784 e. The SMILES string of the molecule is ClC(Cl)(Cl)c1cccc(C(Cl)(Cl)Cl)c1Br. The molecule has 1 aromatic rings. The summed E-state index contributed by atoms with van der Waals surface area (Å²) in [5.74, 6) is 0. The van der Waals surface area contributed by atoms with Gasteiger partial charge in [0.05, 0.1) is 0 Å². The molecule has 0 bridgehead atoms. The van der Waals surface area contributed by atoms with E-state index < -0.39 is 7.59 Å². The van der Waals surface area contributed by atoms with Gasteiger partial charge in [-0.05, 0) is 15.9 Å². The number of rotatable bonds is 0. The largest absolute Gasteiger partial charge is 0.217 e. The van der Waals surface area contributed by atoms with E-state index in [9.17, 15) is 0 Å². The lowest BCUT2D eigenvalue weighted by atomic mass is 10.1. The van der Waals surface area contributed by atoms with Crippen LogP contribution in [-0.2, 0) is 7.59 Å². The molecule has 0 nitrogen and oxygen atoms in total. The zero-order valence-corrected chi connectivity index (χ0v) is 13.0. The van der Waals surface area contributed by atoms with E-state index in [1.807, 2.05) is 0 Å². The molecule has 0 saturated heterocycles. The van der Waals surface area contributed by atoms with Crippen LogP contribution in [0, 0.1) is 0 Å². The molecular weight excluding hydrogens is 389 g/mol. The fraction of sp³-hybridized carbons (Fsp3) is 0.250. The molecule has 0 amide bonds. The van der Waals surface area contributed by atoms with Gasteiger partial charge >= 0.3 is 0 Å². The lowest BCUT2D eigenvalue weighted by Gasteiger charge is -2.19. The average molecular weight is 392 g/mol. The van der Waals surface area contributed by atoms with Crippen LogP contribution in [-0.4, -0.2) is 0 Å². The van der Waals surface area contributed by atoms with Crippen molar-refractivity contribution in [3.05, 3.63) is 33.8 Å². The van der Waals surface area contributed by atoms with Crippen molar-refractivity contribution in [2.75, 3.05) is 0 Å². The predicted molar refractivity (Wildman–Crippen MR) is 72.6 cm³/mol. The summed E-state index contributed by atoms with van der Waals surface area (Å²) in [5, 5.41) is 0. The predicted octanol–water partition coefficient (Wildman–Crippen LogP) is 6.10. The second-order valence-corrected chi connectivity index (χ2v) is 8.02. The van der Waals surface area contributed by atoms with E-state index in [0.29, 0.717) is 15.6 Å². The molecule has 0 spiro atoms. The first kappa shape index (κ1) is 14.5. The van der Waals surface area contributed by atoms with Crippen molar-refractivity contribution in [2.45, 2.75) is 7.59 Å². The summed E-state index contributed by atoms with van der Waals surface area (Å²) in [4.78, 5) is 0. The minimum absolute atomic E-state index is 0.427. The summed E-state index contributed by atoms with van der Waals surface area (Å²) in [6.07, 6.45) is 0. The van der Waals surface area contributed by atoms with Crippen LogP contribution in [0.2, 0.25) is 0 Å². The van der Waals surface area contributed by atoms with Crippen molar-refractivity contribution in [2.24, 2.45) is 0 Å². The molecule has 0 aliphatic heterocycles. The summed E-state index contributed by atoms with van der Waals surface area (Å²) in [6.45, 7) is 0. The van der Waals surface area contributed by atoms with Crippen molar-refractivity contribution in [1.82, 2.24) is 0 Å². The molecule has 0 fully saturated rings. The van der Waals surface area contributed by atoms with Crippen molar-refractivity contribution < 1.29 is 0 Å². The lowest BCUT2D eigenvalue weighted by Crippen LogP contribution is -2.08. The molecule has 0 heterocycles. The molecule has 7 heteroatoms. The highest BCUT2D eigenvalue weighted by molar-refractivity contribution is 9.10. The maximum absolute atomic E-state index is 5.76. The summed E-state index contributed by atoms with van der Waals surface area (Å²) < 4.78 is -2.65. The lowest BCUT2D eigenvalue weighted by molar-refractivity contribution is 1.14. The van der Waals surface area contributed by atoms with Crippen molar-refractivity contribution >= 4 is 85.5 Å². The van der Waals surface area contributed by atoms with Crippen molar-refractivity contribution in [1.29, 1.82) is 0 Å². The fourth-order valence-electron chi connectivity index (χ4n) is 0.970. The van der Waals surface area contributed by atoms with Gasteiger partial charge in [-0.25, -0.2) is 0 Å². The van der Waals surface area contributed by atoms with Crippen LogP contribution in [0.25, 0.3) is 0 Å². The number of benzene rings is 1. The van der Waals surface area contributed by atoms with Crippen molar-refractivity contribution in [3.8, 4) is 0 Å². The van der Waals surface area contributed by atoms with Gasteiger partial charge in [0.1, 0.15) is 0 Å². The minimum Gasteiger partial charge on any atom is -0.0784 e. The van der Waals surface area contributed by atoms with Gasteiger partial charge < -0.3 is 0 Å². The Morgan fingerprint density at radius 3 is 1.40 bits per heavy atom. The number of hydrogen-bond donors (Lipinski definition) is 0. The second-order valence-electron chi connectivity index (χ2n) is 2.66. The fourth-order valence-corrected chi connectivity index (χ4v) is 3.46. The minimum atomic E-state index is -1.56. The highest BCUT2D eigenvalue weighted by Gasteiger charge is 2.32. The Hall–Kier alpha value is 1.44. The van der Waals surface area contributed by atoms with Gasteiger partial charge in [0, 0.05) is 15.6 Å². The summed E-state index contributed by atoms with van der Waals surface area (Å²) in [6, 6.07) is 4.92. The van der Waals surface area contributed by atoms with Crippen molar-refractivity contribution in [3.63, 3.8) is 0 Å². The molecule has 0 N–H and O–H groups in total. The van der Waals surface area contributed by atoms with Gasteiger partial charge in [-0.3, -0.25) is 0 Å². The Bertz CT molecular complexity index is 332. The first-order chi connectivity index (χ1) is 6.64. The zero-order chi connectivity index (χ0) is 11.9. The third-order valence-electron chi connectivity index (χ3n) is 1.61.